The van der Waals surface area contributed by atoms with E-state index in [0.29, 0.717) is 0 Å². The summed E-state index contributed by atoms with van der Waals surface area (Å²) in [5, 5.41) is 4.78. The maximum Gasteiger partial charge on any atom is 0.322 e. The number of halogens is 3. The quantitative estimate of drug-likeness (QED) is 0.831. The molecule has 1 unspecified atom stereocenters. The fraction of sp³-hybridized carbons (Fsp3) is 0.263. The average Bonchev–Trinajstić information content (AvgIpc) is 3.08. The van der Waals surface area contributed by atoms with Crippen LogP contribution in [0.2, 0.25) is 5.02 Å². The highest BCUT2D eigenvalue weighted by molar-refractivity contribution is 6.31. The van der Waals surface area contributed by atoms with Crippen LogP contribution < -0.4 is 10.6 Å². The van der Waals surface area contributed by atoms with Crippen molar-refractivity contribution in [2.45, 2.75) is 18.6 Å². The molecule has 2 aromatic carbocycles. The number of carbonyl (C=O) groups is 2. The van der Waals surface area contributed by atoms with Gasteiger partial charge in [-0.3, -0.25) is 4.79 Å². The van der Waals surface area contributed by atoms with Crippen molar-refractivity contribution in [3.8, 4) is 0 Å². The lowest BCUT2D eigenvalue weighted by Crippen LogP contribution is -2.46. The Bertz CT molecular complexity index is 850. The molecule has 0 aromatic heterocycles. The molecule has 0 radical (unpaired) electrons. The predicted molar refractivity (Wildman–Crippen MR) is 98.7 cm³/mol. The van der Waals surface area contributed by atoms with Crippen molar-refractivity contribution in [3.05, 3.63) is 64.9 Å². The van der Waals surface area contributed by atoms with Gasteiger partial charge >= 0.3 is 6.03 Å². The molecule has 142 valence electrons. The summed E-state index contributed by atoms with van der Waals surface area (Å²) in [6.45, 7) is -0.157. The average molecular weight is 394 g/mol. The number of nitrogens with one attached hydrogen (secondary N) is 2. The molecule has 0 aliphatic carbocycles. The maximum absolute atomic E-state index is 15.0. The molecule has 1 atom stereocenters. The summed E-state index contributed by atoms with van der Waals surface area (Å²) in [7, 11) is 0. The lowest BCUT2D eigenvalue weighted by molar-refractivity contribution is -0.132. The molecule has 3 rings (SSSR count). The van der Waals surface area contributed by atoms with Crippen molar-refractivity contribution < 1.29 is 18.4 Å². The zero-order chi connectivity index (χ0) is 19.4. The van der Waals surface area contributed by atoms with Gasteiger partial charge in [0.2, 0.25) is 5.67 Å². The Morgan fingerprint density at radius 1 is 1.15 bits per heavy atom. The number of nitrogens with zero attached hydrogens (tertiary/aromatic N) is 1. The second kappa shape index (κ2) is 7.92. The highest BCUT2D eigenvalue weighted by Gasteiger charge is 2.46. The van der Waals surface area contributed by atoms with E-state index >= 15 is 0 Å². The van der Waals surface area contributed by atoms with Crippen molar-refractivity contribution in [2.24, 2.45) is 0 Å². The summed E-state index contributed by atoms with van der Waals surface area (Å²) < 4.78 is 28.9. The topological polar surface area (TPSA) is 61.4 Å². The second-order valence-electron chi connectivity index (χ2n) is 6.34. The minimum absolute atomic E-state index is 0.0449. The molecular formula is C19H18ClF2N3O2. The maximum atomic E-state index is 15.0. The lowest BCUT2D eigenvalue weighted by atomic mass is 10.0. The zero-order valence-electron chi connectivity index (χ0n) is 14.3. The molecule has 27 heavy (non-hydrogen) atoms. The van der Waals surface area contributed by atoms with Crippen LogP contribution in [0.1, 0.15) is 12.0 Å². The number of anilines is 1. The number of amides is 3. The summed E-state index contributed by atoms with van der Waals surface area (Å²) in [6.07, 6.45) is -0.126. The van der Waals surface area contributed by atoms with E-state index in [4.69, 9.17) is 11.6 Å². The van der Waals surface area contributed by atoms with Gasteiger partial charge < -0.3 is 15.5 Å². The highest BCUT2D eigenvalue weighted by atomic mass is 35.5. The third-order valence-electron chi connectivity index (χ3n) is 4.40. The zero-order valence-corrected chi connectivity index (χ0v) is 15.1. The van der Waals surface area contributed by atoms with Gasteiger partial charge in [0.15, 0.2) is 5.82 Å². The van der Waals surface area contributed by atoms with Gasteiger partial charge in [-0.1, -0.05) is 48.0 Å². The van der Waals surface area contributed by atoms with E-state index in [1.54, 1.807) is 0 Å². The van der Waals surface area contributed by atoms with Gasteiger partial charge in [0.25, 0.3) is 5.91 Å². The first kappa shape index (κ1) is 19.1. The van der Waals surface area contributed by atoms with E-state index in [1.807, 2.05) is 30.3 Å². The Hall–Kier alpha value is -2.67. The number of carbonyl (C=O) groups excluding carboxylic acids is 2. The molecule has 5 nitrogen and oxygen atoms in total. The predicted octanol–water partition coefficient (Wildman–Crippen LogP) is 3.74. The van der Waals surface area contributed by atoms with E-state index in [0.717, 1.165) is 10.5 Å². The normalized spacial score (nSPS) is 19.0. The van der Waals surface area contributed by atoms with Crippen molar-refractivity contribution >= 4 is 29.2 Å². The molecule has 3 amide bonds. The Morgan fingerprint density at radius 3 is 2.63 bits per heavy atom. The van der Waals surface area contributed by atoms with E-state index in [1.165, 1.54) is 18.2 Å². The summed E-state index contributed by atoms with van der Waals surface area (Å²) in [4.78, 5) is 25.7. The molecule has 8 heteroatoms. The molecule has 0 saturated carbocycles. The van der Waals surface area contributed by atoms with Gasteiger partial charge in [-0.25, -0.2) is 13.6 Å². The molecule has 0 spiro atoms. The molecular weight excluding hydrogens is 376 g/mol. The highest BCUT2D eigenvalue weighted by Crippen LogP contribution is 2.28. The molecule has 0 bridgehead atoms. The van der Waals surface area contributed by atoms with Crippen LogP contribution >= 0.6 is 11.6 Å². The van der Waals surface area contributed by atoms with Crippen LogP contribution in [-0.2, 0) is 11.3 Å². The van der Waals surface area contributed by atoms with Gasteiger partial charge in [0.05, 0.1) is 17.3 Å². The van der Waals surface area contributed by atoms with E-state index < -0.39 is 30.0 Å². The molecule has 2 N–H and O–H groups in total. The number of likely N-dealkylation sites (tertiary alicyclic amines) is 1. The van der Waals surface area contributed by atoms with E-state index in [2.05, 4.69) is 10.6 Å². The van der Waals surface area contributed by atoms with Crippen LogP contribution in [-0.4, -0.2) is 35.6 Å². The Balaban J connectivity index is 1.58. The number of urea groups is 1. The van der Waals surface area contributed by atoms with Gasteiger partial charge in [0, 0.05) is 19.5 Å². The Kier molecular flexibility index (Phi) is 5.60. The first-order valence-corrected chi connectivity index (χ1v) is 8.78. The number of hydrogen-bond acceptors (Lipinski definition) is 2. The smallest absolute Gasteiger partial charge is 0.322 e. The molecule has 1 aliphatic heterocycles. The minimum Gasteiger partial charge on any atom is -0.349 e. The van der Waals surface area contributed by atoms with Crippen molar-refractivity contribution in [3.63, 3.8) is 0 Å². The first-order valence-electron chi connectivity index (χ1n) is 8.40. The van der Waals surface area contributed by atoms with Crippen molar-refractivity contribution in [1.82, 2.24) is 10.2 Å². The standard InChI is InChI=1S/C19H18ClF2N3O2/c20-14-7-4-8-15(16(14)21)24-18(27)25-10-9-19(22,12-25)17(26)23-11-13-5-2-1-3-6-13/h1-8H,9-12H2,(H,23,26)(H,24,27). The third kappa shape index (κ3) is 4.36. The second-order valence-corrected chi connectivity index (χ2v) is 6.74. The monoisotopic (exact) mass is 393 g/mol. The largest absolute Gasteiger partial charge is 0.349 e. The molecule has 1 heterocycles. The van der Waals surface area contributed by atoms with Crippen LogP contribution in [0.15, 0.2) is 48.5 Å². The number of benzene rings is 2. The van der Waals surface area contributed by atoms with Crippen LogP contribution in [0.4, 0.5) is 19.3 Å². The van der Waals surface area contributed by atoms with Crippen LogP contribution in [0.5, 0.6) is 0 Å². The van der Waals surface area contributed by atoms with E-state index in [9.17, 15) is 18.4 Å². The molecule has 1 aliphatic rings. The van der Waals surface area contributed by atoms with Crippen LogP contribution in [0, 0.1) is 5.82 Å². The summed E-state index contributed by atoms with van der Waals surface area (Å²) in [5.74, 6) is -1.53. The summed E-state index contributed by atoms with van der Waals surface area (Å²) in [6, 6.07) is 12.6. The Labute approximate surface area is 160 Å². The van der Waals surface area contributed by atoms with Crippen LogP contribution in [0.3, 0.4) is 0 Å². The molecule has 1 fully saturated rings. The molecule has 1 saturated heterocycles. The summed E-state index contributed by atoms with van der Waals surface area (Å²) in [5.41, 5.74) is -1.44. The fourth-order valence-corrected chi connectivity index (χ4v) is 3.04. The fourth-order valence-electron chi connectivity index (χ4n) is 2.86. The lowest BCUT2D eigenvalue weighted by Gasteiger charge is -2.21. The minimum atomic E-state index is -2.18. The van der Waals surface area contributed by atoms with Crippen LogP contribution in [0.25, 0.3) is 0 Å². The number of hydrogen-bond donors (Lipinski definition) is 2. The van der Waals surface area contributed by atoms with Crippen molar-refractivity contribution in [2.75, 3.05) is 18.4 Å². The Morgan fingerprint density at radius 2 is 1.89 bits per heavy atom. The van der Waals surface area contributed by atoms with E-state index in [-0.39, 0.29) is 30.2 Å². The summed E-state index contributed by atoms with van der Waals surface area (Å²) >= 11 is 5.68. The van der Waals surface area contributed by atoms with Gasteiger partial charge in [-0.2, -0.15) is 0 Å². The van der Waals surface area contributed by atoms with Gasteiger partial charge in [-0.15, -0.1) is 0 Å². The van der Waals surface area contributed by atoms with Crippen molar-refractivity contribution in [1.29, 1.82) is 0 Å². The SMILES string of the molecule is O=C(Nc1cccc(Cl)c1F)N1CCC(F)(C(=O)NCc2ccccc2)C1. The number of rotatable bonds is 4. The first-order chi connectivity index (χ1) is 12.9. The molecule has 2 aromatic rings. The number of alkyl halides is 1. The third-order valence-corrected chi connectivity index (χ3v) is 4.69. The van der Waals surface area contributed by atoms with Gasteiger partial charge in [0.1, 0.15) is 0 Å². The van der Waals surface area contributed by atoms with Gasteiger partial charge in [-0.05, 0) is 17.7 Å².